The molecule has 1 unspecified atom stereocenters. The van der Waals surface area contributed by atoms with Crippen LogP contribution < -0.4 is 5.32 Å². The molecule has 1 rings (SSSR count). The second-order valence-electron chi connectivity index (χ2n) is 6.70. The first kappa shape index (κ1) is 17.4. The SMILES string of the molecule is CC(C)CCCC(C)NC(=O)CN1CCC(CO)CC1. The fraction of sp³-hybridized carbons (Fsp3) is 0.938. The summed E-state index contributed by atoms with van der Waals surface area (Å²) in [6.45, 7) is 9.22. The smallest absolute Gasteiger partial charge is 0.234 e. The normalized spacial score (nSPS) is 19.2. The Balaban J connectivity index is 2.13. The Morgan fingerprint density at radius 2 is 1.90 bits per heavy atom. The summed E-state index contributed by atoms with van der Waals surface area (Å²) >= 11 is 0. The summed E-state index contributed by atoms with van der Waals surface area (Å²) in [5.41, 5.74) is 0. The highest BCUT2D eigenvalue weighted by Crippen LogP contribution is 2.15. The number of likely N-dealkylation sites (tertiary alicyclic amines) is 1. The van der Waals surface area contributed by atoms with E-state index < -0.39 is 0 Å². The third kappa shape index (κ3) is 7.25. The zero-order chi connectivity index (χ0) is 15.0. The van der Waals surface area contributed by atoms with Gasteiger partial charge in [-0.2, -0.15) is 0 Å². The molecule has 0 aromatic carbocycles. The minimum absolute atomic E-state index is 0.143. The van der Waals surface area contributed by atoms with Gasteiger partial charge in [-0.1, -0.05) is 26.7 Å². The first-order valence-electron chi connectivity index (χ1n) is 8.13. The van der Waals surface area contributed by atoms with E-state index >= 15 is 0 Å². The van der Waals surface area contributed by atoms with Crippen LogP contribution in [0.1, 0.15) is 52.9 Å². The fourth-order valence-electron chi connectivity index (χ4n) is 2.76. The van der Waals surface area contributed by atoms with Crippen LogP contribution in [0.2, 0.25) is 0 Å². The van der Waals surface area contributed by atoms with Crippen LogP contribution >= 0.6 is 0 Å². The molecule has 0 radical (unpaired) electrons. The lowest BCUT2D eigenvalue weighted by Gasteiger charge is -2.30. The van der Waals surface area contributed by atoms with Crippen molar-refractivity contribution in [2.45, 2.75) is 58.9 Å². The third-order valence-electron chi connectivity index (χ3n) is 4.16. The highest BCUT2D eigenvalue weighted by atomic mass is 16.3. The molecule has 1 amide bonds. The van der Waals surface area contributed by atoms with E-state index in [1.165, 1.54) is 12.8 Å². The zero-order valence-corrected chi connectivity index (χ0v) is 13.4. The summed E-state index contributed by atoms with van der Waals surface area (Å²) in [6, 6.07) is 0.274. The molecule has 0 spiro atoms. The molecular weight excluding hydrogens is 252 g/mol. The second-order valence-corrected chi connectivity index (χ2v) is 6.70. The second kappa shape index (κ2) is 9.35. The summed E-state index contributed by atoms with van der Waals surface area (Å²) in [4.78, 5) is 14.2. The molecule has 1 heterocycles. The van der Waals surface area contributed by atoms with Gasteiger partial charge in [0.05, 0.1) is 6.54 Å². The van der Waals surface area contributed by atoms with Crippen molar-refractivity contribution < 1.29 is 9.90 Å². The number of amides is 1. The van der Waals surface area contributed by atoms with E-state index in [1.807, 2.05) is 0 Å². The van der Waals surface area contributed by atoms with Gasteiger partial charge in [-0.3, -0.25) is 9.69 Å². The molecule has 4 heteroatoms. The van der Waals surface area contributed by atoms with Gasteiger partial charge in [-0.15, -0.1) is 0 Å². The van der Waals surface area contributed by atoms with Gasteiger partial charge < -0.3 is 10.4 Å². The predicted molar refractivity (Wildman–Crippen MR) is 82.5 cm³/mol. The Morgan fingerprint density at radius 1 is 1.25 bits per heavy atom. The van der Waals surface area contributed by atoms with E-state index in [4.69, 9.17) is 5.11 Å². The number of piperidine rings is 1. The van der Waals surface area contributed by atoms with Crippen molar-refractivity contribution in [3.05, 3.63) is 0 Å². The van der Waals surface area contributed by atoms with E-state index in [-0.39, 0.29) is 18.6 Å². The molecule has 0 aromatic rings. The van der Waals surface area contributed by atoms with E-state index in [2.05, 4.69) is 31.0 Å². The van der Waals surface area contributed by atoms with Gasteiger partial charge in [-0.25, -0.2) is 0 Å². The van der Waals surface area contributed by atoms with Crippen molar-refractivity contribution in [2.75, 3.05) is 26.2 Å². The van der Waals surface area contributed by atoms with Crippen molar-refractivity contribution in [2.24, 2.45) is 11.8 Å². The average Bonchev–Trinajstić information content (AvgIpc) is 2.38. The van der Waals surface area contributed by atoms with E-state index in [0.29, 0.717) is 12.5 Å². The molecule has 2 N–H and O–H groups in total. The van der Waals surface area contributed by atoms with Crippen LogP contribution in [-0.2, 0) is 4.79 Å². The third-order valence-corrected chi connectivity index (χ3v) is 4.16. The molecule has 20 heavy (non-hydrogen) atoms. The van der Waals surface area contributed by atoms with Gasteiger partial charge in [0.1, 0.15) is 0 Å². The highest BCUT2D eigenvalue weighted by molar-refractivity contribution is 5.78. The van der Waals surface area contributed by atoms with Crippen LogP contribution in [0, 0.1) is 11.8 Å². The van der Waals surface area contributed by atoms with Crippen LogP contribution in [0.4, 0.5) is 0 Å². The lowest BCUT2D eigenvalue weighted by atomic mass is 9.98. The summed E-state index contributed by atoms with van der Waals surface area (Å²) in [7, 11) is 0. The van der Waals surface area contributed by atoms with E-state index in [0.717, 1.165) is 38.3 Å². The predicted octanol–water partition coefficient (Wildman–Crippen LogP) is 2.02. The summed E-state index contributed by atoms with van der Waals surface area (Å²) < 4.78 is 0. The van der Waals surface area contributed by atoms with Gasteiger partial charge in [0.25, 0.3) is 0 Å². The van der Waals surface area contributed by atoms with Crippen molar-refractivity contribution in [1.29, 1.82) is 0 Å². The molecule has 4 nitrogen and oxygen atoms in total. The van der Waals surface area contributed by atoms with Crippen LogP contribution in [0.3, 0.4) is 0 Å². The van der Waals surface area contributed by atoms with Crippen LogP contribution in [0.25, 0.3) is 0 Å². The number of rotatable bonds is 8. The van der Waals surface area contributed by atoms with Crippen molar-refractivity contribution >= 4 is 5.91 Å². The number of carbonyl (C=O) groups excluding carboxylic acids is 1. The minimum atomic E-state index is 0.143. The molecule has 1 atom stereocenters. The number of nitrogens with one attached hydrogen (secondary N) is 1. The van der Waals surface area contributed by atoms with Crippen LogP contribution in [0.5, 0.6) is 0 Å². The molecule has 1 aliphatic rings. The molecule has 0 aromatic heterocycles. The number of hydrogen-bond donors (Lipinski definition) is 2. The number of aliphatic hydroxyl groups is 1. The number of hydrogen-bond acceptors (Lipinski definition) is 3. The lowest BCUT2D eigenvalue weighted by molar-refractivity contribution is -0.123. The maximum absolute atomic E-state index is 12.0. The molecule has 0 aliphatic carbocycles. The zero-order valence-electron chi connectivity index (χ0n) is 13.4. The van der Waals surface area contributed by atoms with Crippen molar-refractivity contribution in [3.63, 3.8) is 0 Å². The van der Waals surface area contributed by atoms with Gasteiger partial charge in [0, 0.05) is 12.6 Å². The Bertz CT molecular complexity index is 274. The Kier molecular flexibility index (Phi) is 8.15. The topological polar surface area (TPSA) is 52.6 Å². The van der Waals surface area contributed by atoms with Crippen molar-refractivity contribution in [3.8, 4) is 0 Å². The van der Waals surface area contributed by atoms with Gasteiger partial charge in [0.2, 0.25) is 5.91 Å². The van der Waals surface area contributed by atoms with E-state index in [1.54, 1.807) is 0 Å². The molecule has 118 valence electrons. The Labute approximate surface area is 123 Å². The van der Waals surface area contributed by atoms with Crippen LogP contribution in [-0.4, -0.2) is 48.2 Å². The highest BCUT2D eigenvalue weighted by Gasteiger charge is 2.20. The molecule has 0 bridgehead atoms. The average molecular weight is 284 g/mol. The maximum Gasteiger partial charge on any atom is 0.234 e. The first-order chi connectivity index (χ1) is 9.51. The molecule has 1 fully saturated rings. The Hall–Kier alpha value is -0.610. The fourth-order valence-corrected chi connectivity index (χ4v) is 2.76. The van der Waals surface area contributed by atoms with E-state index in [9.17, 15) is 4.79 Å². The number of carbonyl (C=O) groups is 1. The molecule has 1 aliphatic heterocycles. The van der Waals surface area contributed by atoms with Crippen molar-refractivity contribution in [1.82, 2.24) is 10.2 Å². The van der Waals surface area contributed by atoms with Gasteiger partial charge >= 0.3 is 0 Å². The molecule has 1 saturated heterocycles. The standard InChI is InChI=1S/C16H32N2O2/c1-13(2)5-4-6-14(3)17-16(20)11-18-9-7-15(12-19)8-10-18/h13-15,19H,4-12H2,1-3H3,(H,17,20). The van der Waals surface area contributed by atoms with Gasteiger partial charge in [-0.05, 0) is 51.1 Å². The quantitative estimate of drug-likeness (QED) is 0.717. The maximum atomic E-state index is 12.0. The molecule has 0 saturated carbocycles. The number of nitrogens with zero attached hydrogens (tertiary/aromatic N) is 1. The Morgan fingerprint density at radius 3 is 2.45 bits per heavy atom. The van der Waals surface area contributed by atoms with Crippen LogP contribution in [0.15, 0.2) is 0 Å². The largest absolute Gasteiger partial charge is 0.396 e. The summed E-state index contributed by atoms with van der Waals surface area (Å²) in [5, 5.41) is 12.2. The monoisotopic (exact) mass is 284 g/mol. The first-order valence-corrected chi connectivity index (χ1v) is 8.13. The number of aliphatic hydroxyl groups excluding tert-OH is 1. The molecular formula is C16H32N2O2. The summed E-state index contributed by atoms with van der Waals surface area (Å²) in [6.07, 6.45) is 5.49. The minimum Gasteiger partial charge on any atom is -0.396 e. The van der Waals surface area contributed by atoms with Gasteiger partial charge in [0.15, 0.2) is 0 Å². The summed E-state index contributed by atoms with van der Waals surface area (Å²) in [5.74, 6) is 1.32. The lowest BCUT2D eigenvalue weighted by Crippen LogP contribution is -2.44.